The number of rotatable bonds is 9. The van der Waals surface area contributed by atoms with Gasteiger partial charge in [-0.2, -0.15) is 4.98 Å². The molecule has 0 atom stereocenters. The van der Waals surface area contributed by atoms with Crippen molar-refractivity contribution in [1.82, 2.24) is 10.1 Å². The van der Waals surface area contributed by atoms with Crippen LogP contribution in [0.5, 0.6) is 0 Å². The number of nitrogens with zero attached hydrogens (tertiary/aromatic N) is 2. The molecule has 0 amide bonds. The summed E-state index contributed by atoms with van der Waals surface area (Å²) in [5, 5.41) is 6.39. The molecule has 129 valence electrons. The molecule has 0 aliphatic heterocycles. The van der Waals surface area contributed by atoms with Gasteiger partial charge in [0.05, 0.1) is 0 Å². The Kier molecular flexibility index (Phi) is 5.94. The van der Waals surface area contributed by atoms with Crippen molar-refractivity contribution in [2.75, 3.05) is 0 Å². The van der Waals surface area contributed by atoms with Gasteiger partial charge < -0.3 is 4.52 Å². The third kappa shape index (κ3) is 4.75. The average Bonchev–Trinajstić information content (AvgIpc) is 3.12. The van der Waals surface area contributed by atoms with Crippen molar-refractivity contribution in [3.8, 4) is 11.5 Å². The molecule has 0 saturated heterocycles. The monoisotopic (exact) mass is 335 g/mol. The summed E-state index contributed by atoms with van der Waals surface area (Å²) in [5.74, 6) is 1.53. The Hall–Kier alpha value is -2.49. The molecule has 3 rings (SSSR count). The van der Waals surface area contributed by atoms with Crippen LogP contribution < -0.4 is 0 Å². The van der Waals surface area contributed by atoms with E-state index in [4.69, 9.17) is 4.52 Å². The summed E-state index contributed by atoms with van der Waals surface area (Å²) in [6.45, 7) is 1.92. The zero-order valence-corrected chi connectivity index (χ0v) is 14.6. The number of unbranched alkanes of at least 4 members (excludes halogenated alkanes) is 3. The third-order valence-corrected chi connectivity index (χ3v) is 4.32. The lowest BCUT2D eigenvalue weighted by Gasteiger charge is -1.99. The topological polar surface area (TPSA) is 56.0 Å². The van der Waals surface area contributed by atoms with Gasteiger partial charge in [0.1, 0.15) is 5.78 Å². The number of aromatic nitrogens is 2. The number of carbonyl (C=O) groups is 1. The first kappa shape index (κ1) is 17.3. The Labute approximate surface area is 148 Å². The van der Waals surface area contributed by atoms with Gasteiger partial charge in [0.15, 0.2) is 5.82 Å². The summed E-state index contributed by atoms with van der Waals surface area (Å²) in [6.07, 6.45) is 7.30. The Bertz CT molecular complexity index is 839. The molecule has 0 N–H and O–H groups in total. The normalized spacial score (nSPS) is 11.1. The van der Waals surface area contributed by atoms with Crippen LogP contribution in [0.4, 0.5) is 0 Å². The minimum absolute atomic E-state index is 0.349. The molecule has 0 spiro atoms. The molecule has 4 nitrogen and oxygen atoms in total. The number of benzene rings is 2. The first-order valence-electron chi connectivity index (χ1n) is 8.94. The summed E-state index contributed by atoms with van der Waals surface area (Å²) >= 11 is 0. The van der Waals surface area contributed by atoms with Gasteiger partial charge in [0.25, 0.3) is 5.89 Å². The van der Waals surface area contributed by atoms with Crippen molar-refractivity contribution in [3.63, 3.8) is 0 Å². The smallest absolute Gasteiger partial charge is 0.257 e. The molecule has 3 aromatic rings. The second kappa shape index (κ2) is 8.56. The van der Waals surface area contributed by atoms with Gasteiger partial charge in [-0.05, 0) is 35.7 Å². The highest BCUT2D eigenvalue weighted by atomic mass is 16.5. The summed E-state index contributed by atoms with van der Waals surface area (Å²) in [5.41, 5.74) is 0.934. The van der Waals surface area contributed by atoms with Gasteiger partial charge in [-0.15, -0.1) is 0 Å². The minimum Gasteiger partial charge on any atom is -0.334 e. The molecule has 25 heavy (non-hydrogen) atoms. The van der Waals surface area contributed by atoms with Crippen LogP contribution in [0.15, 0.2) is 47.0 Å². The van der Waals surface area contributed by atoms with Crippen LogP contribution in [-0.2, 0) is 4.79 Å². The molecular weight excluding hydrogens is 312 g/mol. The van der Waals surface area contributed by atoms with Crippen LogP contribution in [0.2, 0.25) is 0 Å². The average molecular weight is 335 g/mol. The lowest BCUT2D eigenvalue weighted by molar-refractivity contribution is -0.118. The first-order valence-corrected chi connectivity index (χ1v) is 8.94. The first-order chi connectivity index (χ1) is 12.3. The van der Waals surface area contributed by atoms with Crippen LogP contribution in [0, 0.1) is 6.42 Å². The van der Waals surface area contributed by atoms with E-state index in [-0.39, 0.29) is 0 Å². The molecule has 1 aromatic heterocycles. The highest BCUT2D eigenvalue weighted by Crippen LogP contribution is 2.23. The van der Waals surface area contributed by atoms with E-state index >= 15 is 0 Å². The van der Waals surface area contributed by atoms with Crippen molar-refractivity contribution in [3.05, 3.63) is 54.7 Å². The lowest BCUT2D eigenvalue weighted by atomic mass is 10.1. The Morgan fingerprint density at radius 3 is 2.76 bits per heavy atom. The van der Waals surface area contributed by atoms with E-state index in [1.54, 1.807) is 0 Å². The summed E-state index contributed by atoms with van der Waals surface area (Å²) in [6, 6.07) is 14.3. The number of hydrogen-bond donors (Lipinski definition) is 0. The molecule has 0 aliphatic rings. The van der Waals surface area contributed by atoms with Crippen molar-refractivity contribution in [2.45, 2.75) is 45.4 Å². The standard InChI is InChI=1S/C21H23N2O2/c1-2-19(24)11-5-3-4-6-12-20-22-21(25-23-20)18-14-13-16-9-7-8-10-17(16)15-18/h7-10,12-15H,2-6,11H2,1H3. The second-order valence-corrected chi connectivity index (χ2v) is 6.22. The quantitative estimate of drug-likeness (QED) is 0.493. The molecule has 1 heterocycles. The van der Waals surface area contributed by atoms with Crippen molar-refractivity contribution in [2.24, 2.45) is 0 Å². The van der Waals surface area contributed by atoms with Crippen molar-refractivity contribution in [1.29, 1.82) is 0 Å². The van der Waals surface area contributed by atoms with Gasteiger partial charge in [0, 0.05) is 24.8 Å². The lowest BCUT2D eigenvalue weighted by Crippen LogP contribution is -1.94. The van der Waals surface area contributed by atoms with E-state index in [1.165, 1.54) is 5.39 Å². The van der Waals surface area contributed by atoms with Crippen LogP contribution in [0.1, 0.15) is 51.3 Å². The molecule has 2 aromatic carbocycles. The van der Waals surface area contributed by atoms with Crippen molar-refractivity contribution < 1.29 is 9.32 Å². The predicted molar refractivity (Wildman–Crippen MR) is 99.0 cm³/mol. The fourth-order valence-electron chi connectivity index (χ4n) is 2.81. The van der Waals surface area contributed by atoms with Crippen LogP contribution in [0.3, 0.4) is 0 Å². The van der Waals surface area contributed by atoms with Gasteiger partial charge in [0.2, 0.25) is 0 Å². The molecule has 0 fully saturated rings. The van der Waals surface area contributed by atoms with E-state index in [9.17, 15) is 4.79 Å². The summed E-state index contributed by atoms with van der Waals surface area (Å²) in [7, 11) is 0. The molecule has 1 radical (unpaired) electrons. The Morgan fingerprint density at radius 1 is 1.08 bits per heavy atom. The van der Waals surface area contributed by atoms with E-state index in [0.717, 1.165) is 36.6 Å². The number of ketones is 1. The Balaban J connectivity index is 1.51. The zero-order chi connectivity index (χ0) is 17.5. The maximum atomic E-state index is 11.2. The Morgan fingerprint density at radius 2 is 1.92 bits per heavy atom. The van der Waals surface area contributed by atoms with Crippen LogP contribution in [-0.4, -0.2) is 15.9 Å². The number of fused-ring (bicyclic) bond motifs is 1. The number of Topliss-reactive ketones (excluding diaryl/α,β-unsaturated/α-hetero) is 1. The maximum absolute atomic E-state index is 11.2. The third-order valence-electron chi connectivity index (χ3n) is 4.32. The molecule has 0 bridgehead atoms. The van der Waals surface area contributed by atoms with Crippen LogP contribution >= 0.6 is 0 Å². The van der Waals surface area contributed by atoms with E-state index in [1.807, 2.05) is 31.5 Å². The highest BCUT2D eigenvalue weighted by Gasteiger charge is 2.09. The fraction of sp³-hybridized carbons (Fsp3) is 0.333. The summed E-state index contributed by atoms with van der Waals surface area (Å²) in [4.78, 5) is 15.7. The van der Waals surface area contributed by atoms with Crippen LogP contribution in [0.25, 0.3) is 22.2 Å². The molecule has 0 unspecified atom stereocenters. The van der Waals surface area contributed by atoms with Gasteiger partial charge in [-0.25, -0.2) is 0 Å². The maximum Gasteiger partial charge on any atom is 0.257 e. The molecule has 0 saturated carbocycles. The number of carbonyl (C=O) groups excluding carboxylic acids is 1. The highest BCUT2D eigenvalue weighted by molar-refractivity contribution is 5.86. The van der Waals surface area contributed by atoms with Gasteiger partial charge in [-0.3, -0.25) is 4.79 Å². The molecule has 0 aliphatic carbocycles. The van der Waals surface area contributed by atoms with Crippen molar-refractivity contribution >= 4 is 16.6 Å². The number of hydrogen-bond acceptors (Lipinski definition) is 4. The summed E-state index contributed by atoms with van der Waals surface area (Å²) < 4.78 is 5.39. The molecular formula is C21H23N2O2. The van der Waals surface area contributed by atoms with E-state index in [2.05, 4.69) is 34.4 Å². The second-order valence-electron chi connectivity index (χ2n) is 6.22. The fourth-order valence-corrected chi connectivity index (χ4v) is 2.81. The van der Waals surface area contributed by atoms with Gasteiger partial charge >= 0.3 is 0 Å². The predicted octanol–water partition coefficient (Wildman–Crippen LogP) is 5.37. The van der Waals surface area contributed by atoms with E-state index in [0.29, 0.717) is 30.3 Å². The SMILES string of the molecule is CCC(=O)CCCCC[CH]c1noc(-c2ccc3ccccc3c2)n1. The molecule has 4 heteroatoms. The largest absolute Gasteiger partial charge is 0.334 e. The zero-order valence-electron chi connectivity index (χ0n) is 14.6. The van der Waals surface area contributed by atoms with Gasteiger partial charge in [-0.1, -0.05) is 55.3 Å². The minimum atomic E-state index is 0.349. The van der Waals surface area contributed by atoms with E-state index < -0.39 is 0 Å².